The third-order valence-electron chi connectivity index (χ3n) is 4.06. The van der Waals surface area contributed by atoms with Gasteiger partial charge in [0.25, 0.3) is 0 Å². The largest absolute Gasteiger partial charge is 0.396 e. The molecule has 4 nitrogen and oxygen atoms in total. The molecule has 0 bridgehead atoms. The molecule has 1 aliphatic rings. The van der Waals surface area contributed by atoms with Crippen LogP contribution in [-0.4, -0.2) is 35.9 Å². The molecule has 1 saturated heterocycles. The van der Waals surface area contributed by atoms with E-state index in [9.17, 15) is 4.79 Å². The molecule has 1 aliphatic heterocycles. The van der Waals surface area contributed by atoms with E-state index in [1.807, 2.05) is 27.7 Å². The Balaban J connectivity index is 2.58. The first-order valence-electron chi connectivity index (χ1n) is 6.45. The second-order valence-electron chi connectivity index (χ2n) is 5.39. The minimum absolute atomic E-state index is 0.0113. The van der Waals surface area contributed by atoms with E-state index in [1.165, 1.54) is 0 Å². The molecule has 17 heavy (non-hydrogen) atoms. The van der Waals surface area contributed by atoms with Crippen LogP contribution in [0.15, 0.2) is 0 Å². The second kappa shape index (κ2) is 5.83. The van der Waals surface area contributed by atoms with Gasteiger partial charge in [0, 0.05) is 12.6 Å². The van der Waals surface area contributed by atoms with Gasteiger partial charge in [-0.25, -0.2) is 0 Å². The summed E-state index contributed by atoms with van der Waals surface area (Å²) in [5.74, 6) is 0.270. The van der Waals surface area contributed by atoms with Gasteiger partial charge in [-0.2, -0.15) is 0 Å². The molecular weight excluding hydrogens is 218 g/mol. The summed E-state index contributed by atoms with van der Waals surface area (Å²) >= 11 is 0. The summed E-state index contributed by atoms with van der Waals surface area (Å²) in [6, 6.07) is -0.0113. The fourth-order valence-electron chi connectivity index (χ4n) is 2.34. The summed E-state index contributed by atoms with van der Waals surface area (Å²) < 4.78 is 5.67. The normalized spacial score (nSPS) is 36.6. The van der Waals surface area contributed by atoms with E-state index in [0.717, 1.165) is 0 Å². The fraction of sp³-hybridized carbons (Fsp3) is 0.923. The lowest BCUT2D eigenvalue weighted by Gasteiger charge is -2.24. The van der Waals surface area contributed by atoms with Crippen molar-refractivity contribution in [2.45, 2.75) is 52.9 Å². The van der Waals surface area contributed by atoms with Crippen molar-refractivity contribution in [1.82, 2.24) is 5.32 Å². The van der Waals surface area contributed by atoms with Gasteiger partial charge in [0.2, 0.25) is 5.91 Å². The van der Waals surface area contributed by atoms with Gasteiger partial charge in [-0.1, -0.05) is 13.8 Å². The molecule has 4 heteroatoms. The molecule has 1 fully saturated rings. The Morgan fingerprint density at radius 2 is 1.88 bits per heavy atom. The molecule has 2 N–H and O–H groups in total. The standard InChI is InChI=1S/C13H25NO3/c1-7(6-15)9(3)14-13(16)12-8(2)10(4)17-11(12)5/h7-12,15H,6H2,1-5H3,(H,14,16). The Bertz CT molecular complexity index is 269. The molecule has 0 saturated carbocycles. The zero-order valence-electron chi connectivity index (χ0n) is 11.4. The van der Waals surface area contributed by atoms with E-state index in [1.54, 1.807) is 0 Å². The molecular formula is C13H25NO3. The number of aliphatic hydroxyl groups excluding tert-OH is 1. The minimum Gasteiger partial charge on any atom is -0.396 e. The van der Waals surface area contributed by atoms with Crippen LogP contribution in [0, 0.1) is 17.8 Å². The third-order valence-corrected chi connectivity index (χ3v) is 4.06. The van der Waals surface area contributed by atoms with Crippen LogP contribution in [0.5, 0.6) is 0 Å². The highest BCUT2D eigenvalue weighted by Crippen LogP contribution is 2.32. The SMILES string of the molecule is CC(CO)C(C)NC(=O)C1C(C)OC(C)C1C. The van der Waals surface area contributed by atoms with Gasteiger partial charge >= 0.3 is 0 Å². The van der Waals surface area contributed by atoms with Crippen molar-refractivity contribution in [3.8, 4) is 0 Å². The van der Waals surface area contributed by atoms with Crippen molar-refractivity contribution in [2.24, 2.45) is 17.8 Å². The first-order chi connectivity index (χ1) is 7.88. The number of carbonyl (C=O) groups excluding carboxylic acids is 1. The maximum atomic E-state index is 12.2. The minimum atomic E-state index is -0.0849. The van der Waals surface area contributed by atoms with E-state index >= 15 is 0 Å². The van der Waals surface area contributed by atoms with Crippen LogP contribution < -0.4 is 5.32 Å². The van der Waals surface area contributed by atoms with Crippen LogP contribution in [0.1, 0.15) is 34.6 Å². The summed E-state index contributed by atoms with van der Waals surface area (Å²) in [6.07, 6.45) is 0.1000. The zero-order chi connectivity index (χ0) is 13.2. The molecule has 1 amide bonds. The smallest absolute Gasteiger partial charge is 0.226 e. The van der Waals surface area contributed by atoms with Crippen LogP contribution in [-0.2, 0) is 9.53 Å². The third kappa shape index (κ3) is 3.19. The Kier molecular flexibility index (Phi) is 4.95. The second-order valence-corrected chi connectivity index (χ2v) is 5.39. The van der Waals surface area contributed by atoms with Crippen LogP contribution in [0.2, 0.25) is 0 Å². The Hall–Kier alpha value is -0.610. The van der Waals surface area contributed by atoms with E-state index in [-0.39, 0.29) is 48.5 Å². The van der Waals surface area contributed by atoms with Crippen LogP contribution >= 0.6 is 0 Å². The molecule has 0 aromatic carbocycles. The van der Waals surface area contributed by atoms with Gasteiger partial charge in [0.15, 0.2) is 0 Å². The maximum Gasteiger partial charge on any atom is 0.226 e. The van der Waals surface area contributed by atoms with Gasteiger partial charge < -0.3 is 15.2 Å². The monoisotopic (exact) mass is 243 g/mol. The number of hydrogen-bond donors (Lipinski definition) is 2. The number of aliphatic hydroxyl groups is 1. The Morgan fingerprint density at radius 1 is 1.29 bits per heavy atom. The number of amides is 1. The molecule has 1 rings (SSSR count). The quantitative estimate of drug-likeness (QED) is 0.779. The molecule has 0 aliphatic carbocycles. The van der Waals surface area contributed by atoms with Crippen LogP contribution in [0.25, 0.3) is 0 Å². The predicted molar refractivity (Wildman–Crippen MR) is 66.5 cm³/mol. The maximum absolute atomic E-state index is 12.2. The number of carbonyl (C=O) groups is 1. The molecule has 6 unspecified atom stereocenters. The van der Waals surface area contributed by atoms with Crippen molar-refractivity contribution in [2.75, 3.05) is 6.61 Å². The number of ether oxygens (including phenoxy) is 1. The number of hydrogen-bond acceptors (Lipinski definition) is 3. The lowest BCUT2D eigenvalue weighted by atomic mass is 9.88. The summed E-state index contributed by atoms with van der Waals surface area (Å²) in [5.41, 5.74) is 0. The van der Waals surface area contributed by atoms with Crippen molar-refractivity contribution >= 4 is 5.91 Å². The van der Waals surface area contributed by atoms with Gasteiger partial charge in [-0.15, -0.1) is 0 Å². The fourth-order valence-corrected chi connectivity index (χ4v) is 2.34. The van der Waals surface area contributed by atoms with Crippen molar-refractivity contribution in [1.29, 1.82) is 0 Å². The summed E-state index contributed by atoms with van der Waals surface area (Å²) in [6.45, 7) is 9.94. The lowest BCUT2D eigenvalue weighted by Crippen LogP contribution is -2.44. The number of rotatable bonds is 4. The summed E-state index contributed by atoms with van der Waals surface area (Å²) in [5, 5.41) is 12.0. The summed E-state index contributed by atoms with van der Waals surface area (Å²) in [7, 11) is 0. The van der Waals surface area contributed by atoms with E-state index in [2.05, 4.69) is 12.2 Å². The average molecular weight is 243 g/mol. The van der Waals surface area contributed by atoms with Gasteiger partial charge in [0.05, 0.1) is 18.1 Å². The Labute approximate surface area is 104 Å². The van der Waals surface area contributed by atoms with Crippen molar-refractivity contribution < 1.29 is 14.6 Å². The predicted octanol–water partition coefficient (Wildman–Crippen LogP) is 1.18. The number of nitrogens with one attached hydrogen (secondary N) is 1. The Morgan fingerprint density at radius 3 is 2.29 bits per heavy atom. The molecule has 1 heterocycles. The van der Waals surface area contributed by atoms with Gasteiger partial charge in [-0.05, 0) is 32.6 Å². The molecule has 0 spiro atoms. The first-order valence-corrected chi connectivity index (χ1v) is 6.45. The summed E-state index contributed by atoms with van der Waals surface area (Å²) in [4.78, 5) is 12.2. The van der Waals surface area contributed by atoms with E-state index in [4.69, 9.17) is 9.84 Å². The van der Waals surface area contributed by atoms with Crippen LogP contribution in [0.3, 0.4) is 0 Å². The highest BCUT2D eigenvalue weighted by Gasteiger charge is 2.41. The van der Waals surface area contributed by atoms with Crippen molar-refractivity contribution in [3.63, 3.8) is 0 Å². The highest BCUT2D eigenvalue weighted by molar-refractivity contribution is 5.80. The van der Waals surface area contributed by atoms with Crippen molar-refractivity contribution in [3.05, 3.63) is 0 Å². The highest BCUT2D eigenvalue weighted by atomic mass is 16.5. The first kappa shape index (κ1) is 14.5. The van der Waals surface area contributed by atoms with Crippen LogP contribution in [0.4, 0.5) is 0 Å². The molecule has 0 aromatic heterocycles. The van der Waals surface area contributed by atoms with Gasteiger partial charge in [0.1, 0.15) is 0 Å². The lowest BCUT2D eigenvalue weighted by molar-refractivity contribution is -0.128. The zero-order valence-corrected chi connectivity index (χ0v) is 11.4. The molecule has 100 valence electrons. The molecule has 0 aromatic rings. The van der Waals surface area contributed by atoms with Gasteiger partial charge in [-0.3, -0.25) is 4.79 Å². The average Bonchev–Trinajstić information content (AvgIpc) is 2.51. The molecule has 6 atom stereocenters. The van der Waals surface area contributed by atoms with E-state index < -0.39 is 0 Å². The molecule has 0 radical (unpaired) electrons. The topological polar surface area (TPSA) is 58.6 Å². The van der Waals surface area contributed by atoms with E-state index in [0.29, 0.717) is 0 Å².